The maximum Gasteiger partial charge on any atom is 0.315 e. The fraction of sp³-hybridized carbons (Fsp3) is 0.542. The lowest BCUT2D eigenvalue weighted by molar-refractivity contribution is -0.146. The Bertz CT molecular complexity index is 994. The molecule has 0 saturated heterocycles. The Hall–Kier alpha value is -2.34. The number of rotatable bonds is 5. The average Bonchev–Trinajstić information content (AvgIpc) is 3.12. The van der Waals surface area contributed by atoms with Crippen molar-refractivity contribution in [2.45, 2.75) is 59.3 Å². The van der Waals surface area contributed by atoms with Gasteiger partial charge < -0.3 is 14.2 Å². The molecule has 0 amide bonds. The molecule has 7 heteroatoms. The molecule has 0 radical (unpaired) electrons. The molecule has 2 atom stereocenters. The zero-order valence-corrected chi connectivity index (χ0v) is 19.2. The van der Waals surface area contributed by atoms with E-state index in [2.05, 4.69) is 13.8 Å². The molecule has 0 aromatic heterocycles. The van der Waals surface area contributed by atoms with E-state index in [-0.39, 0.29) is 24.0 Å². The van der Waals surface area contributed by atoms with Crippen molar-refractivity contribution in [3.8, 4) is 11.5 Å². The van der Waals surface area contributed by atoms with Crippen molar-refractivity contribution in [3.05, 3.63) is 34.0 Å². The Kier molecular flexibility index (Phi) is 5.86. The smallest absolute Gasteiger partial charge is 0.315 e. The first-order valence-electron chi connectivity index (χ1n) is 10.8. The summed E-state index contributed by atoms with van der Waals surface area (Å²) < 4.78 is 16.6. The quantitative estimate of drug-likeness (QED) is 0.458. The monoisotopic (exact) mass is 445 g/mol. The number of nitrogens with zero attached hydrogens (tertiary/aromatic N) is 1. The van der Waals surface area contributed by atoms with Crippen molar-refractivity contribution in [2.75, 3.05) is 13.4 Å². The van der Waals surface area contributed by atoms with Crippen LogP contribution in [0.2, 0.25) is 5.02 Å². The number of hydrogen-bond acceptors (Lipinski definition) is 6. The van der Waals surface area contributed by atoms with Crippen LogP contribution in [0.15, 0.2) is 28.4 Å². The summed E-state index contributed by atoms with van der Waals surface area (Å²) in [6.07, 6.45) is 2.77. The van der Waals surface area contributed by atoms with Gasteiger partial charge in [-0.2, -0.15) is 0 Å². The number of benzene rings is 1. The van der Waals surface area contributed by atoms with E-state index < -0.39 is 11.8 Å². The van der Waals surface area contributed by atoms with Crippen molar-refractivity contribution < 1.29 is 23.8 Å². The summed E-state index contributed by atoms with van der Waals surface area (Å²) >= 11 is 6.66. The largest absolute Gasteiger partial charge is 0.465 e. The third-order valence-corrected chi connectivity index (χ3v) is 6.45. The van der Waals surface area contributed by atoms with Crippen LogP contribution in [0.3, 0.4) is 0 Å². The molecule has 2 aliphatic heterocycles. The molecule has 3 aliphatic rings. The van der Waals surface area contributed by atoms with Gasteiger partial charge in [0.1, 0.15) is 5.92 Å². The maximum atomic E-state index is 13.3. The minimum absolute atomic E-state index is 0.00703. The van der Waals surface area contributed by atoms with Crippen molar-refractivity contribution >= 4 is 29.1 Å². The van der Waals surface area contributed by atoms with Gasteiger partial charge in [-0.3, -0.25) is 14.6 Å². The van der Waals surface area contributed by atoms with Crippen molar-refractivity contribution in [2.24, 2.45) is 16.3 Å². The maximum absolute atomic E-state index is 13.3. The van der Waals surface area contributed by atoms with E-state index in [0.29, 0.717) is 52.8 Å². The molecule has 1 aliphatic carbocycles. The molecule has 0 fully saturated rings. The number of allylic oxidation sites excluding steroid dienone is 2. The topological polar surface area (TPSA) is 74.2 Å². The second kappa shape index (κ2) is 8.30. The molecule has 0 spiro atoms. The summed E-state index contributed by atoms with van der Waals surface area (Å²) in [4.78, 5) is 31.2. The van der Waals surface area contributed by atoms with Gasteiger partial charge in [0.05, 0.1) is 6.61 Å². The second-order valence-electron chi connectivity index (χ2n) is 9.26. The number of carbonyl (C=O) groups excluding carboxylic acids is 2. The average molecular weight is 446 g/mol. The van der Waals surface area contributed by atoms with Crippen molar-refractivity contribution in [1.82, 2.24) is 0 Å². The summed E-state index contributed by atoms with van der Waals surface area (Å²) in [6, 6.07) is 3.48. The normalized spacial score (nSPS) is 24.0. The lowest BCUT2D eigenvalue weighted by Crippen LogP contribution is -2.39. The van der Waals surface area contributed by atoms with Gasteiger partial charge >= 0.3 is 5.97 Å². The van der Waals surface area contributed by atoms with Crippen LogP contribution in [0, 0.1) is 11.3 Å². The number of fused-ring (bicyclic) bond motifs is 1. The number of ketones is 1. The number of ether oxygens (including phenoxy) is 3. The molecule has 0 N–H and O–H groups in total. The van der Waals surface area contributed by atoms with E-state index in [1.54, 1.807) is 12.1 Å². The first-order chi connectivity index (χ1) is 14.7. The summed E-state index contributed by atoms with van der Waals surface area (Å²) in [5.74, 6) is -0.526. The highest BCUT2D eigenvalue weighted by Gasteiger charge is 2.47. The highest BCUT2D eigenvalue weighted by atomic mass is 35.5. The molecule has 0 saturated carbocycles. The minimum atomic E-state index is -0.710. The molecule has 166 valence electrons. The number of Topliss-reactive ketones (excluding diaryl/α,β-unsaturated/α-hetero) is 1. The van der Waals surface area contributed by atoms with Crippen molar-refractivity contribution in [3.63, 3.8) is 0 Å². The molecule has 1 unspecified atom stereocenters. The Labute approximate surface area is 187 Å². The molecule has 2 heterocycles. The van der Waals surface area contributed by atoms with Crippen LogP contribution in [-0.4, -0.2) is 30.9 Å². The number of unbranched alkanes of at least 4 members (excludes halogenated alkanes) is 1. The van der Waals surface area contributed by atoms with Crippen LogP contribution in [0.1, 0.15) is 64.9 Å². The third kappa shape index (κ3) is 4.10. The minimum Gasteiger partial charge on any atom is -0.465 e. The van der Waals surface area contributed by atoms with Crippen molar-refractivity contribution in [1.29, 1.82) is 0 Å². The zero-order chi connectivity index (χ0) is 22.3. The Morgan fingerprint density at radius 1 is 1.26 bits per heavy atom. The summed E-state index contributed by atoms with van der Waals surface area (Å²) in [7, 11) is 0. The summed E-state index contributed by atoms with van der Waals surface area (Å²) in [5.41, 5.74) is 2.44. The van der Waals surface area contributed by atoms with Crippen LogP contribution >= 0.6 is 11.6 Å². The van der Waals surface area contributed by atoms with Crippen LogP contribution in [0.25, 0.3) is 0 Å². The van der Waals surface area contributed by atoms with E-state index in [1.807, 2.05) is 13.8 Å². The van der Waals surface area contributed by atoms with Gasteiger partial charge in [0, 0.05) is 40.4 Å². The fourth-order valence-electron chi connectivity index (χ4n) is 4.66. The van der Waals surface area contributed by atoms with E-state index >= 15 is 0 Å². The number of esters is 1. The summed E-state index contributed by atoms with van der Waals surface area (Å²) in [6.45, 7) is 8.45. The Balaban J connectivity index is 1.83. The van der Waals surface area contributed by atoms with Gasteiger partial charge in [-0.05, 0) is 36.8 Å². The molecular weight excluding hydrogens is 418 g/mol. The first-order valence-corrected chi connectivity index (χ1v) is 11.2. The van der Waals surface area contributed by atoms with E-state index in [9.17, 15) is 9.59 Å². The Morgan fingerprint density at radius 2 is 1.97 bits per heavy atom. The van der Waals surface area contributed by atoms with E-state index in [4.69, 9.17) is 30.8 Å². The molecule has 31 heavy (non-hydrogen) atoms. The van der Waals surface area contributed by atoms with E-state index in [1.165, 1.54) is 0 Å². The van der Waals surface area contributed by atoms with Gasteiger partial charge in [-0.15, -0.1) is 0 Å². The van der Waals surface area contributed by atoms with Gasteiger partial charge in [0.15, 0.2) is 17.3 Å². The molecule has 6 nitrogen and oxygen atoms in total. The van der Waals surface area contributed by atoms with Gasteiger partial charge in [-0.25, -0.2) is 0 Å². The molecule has 1 aromatic rings. The zero-order valence-electron chi connectivity index (χ0n) is 18.4. The van der Waals surface area contributed by atoms with Crippen LogP contribution in [0.4, 0.5) is 0 Å². The number of carbonyl (C=O) groups is 2. The molecule has 4 rings (SSSR count). The summed E-state index contributed by atoms with van der Waals surface area (Å²) in [5, 5.41) is 0.430. The molecular formula is C24H28ClNO5. The highest BCUT2D eigenvalue weighted by Crippen LogP contribution is 2.51. The number of halogens is 1. The van der Waals surface area contributed by atoms with Crippen LogP contribution in [-0.2, 0) is 14.3 Å². The van der Waals surface area contributed by atoms with Gasteiger partial charge in [0.2, 0.25) is 6.79 Å². The molecule has 0 bridgehead atoms. The Morgan fingerprint density at radius 3 is 2.68 bits per heavy atom. The van der Waals surface area contributed by atoms with E-state index in [0.717, 1.165) is 18.5 Å². The fourth-order valence-corrected chi connectivity index (χ4v) is 4.94. The number of hydrogen-bond donors (Lipinski definition) is 0. The van der Waals surface area contributed by atoms with Gasteiger partial charge in [-0.1, -0.05) is 38.8 Å². The second-order valence-corrected chi connectivity index (χ2v) is 9.67. The molecule has 1 aromatic carbocycles. The highest BCUT2D eigenvalue weighted by molar-refractivity contribution is 6.32. The lowest BCUT2D eigenvalue weighted by atomic mass is 9.67. The first kappa shape index (κ1) is 21.9. The predicted molar refractivity (Wildman–Crippen MR) is 118 cm³/mol. The SMILES string of the molecule is CCCCOC(=O)C1C(C)=NC2=C(C(=O)CC(C)(C)C2)[C@@H]1c1cc2c(cc1Cl)OCO2. The predicted octanol–water partition coefficient (Wildman–Crippen LogP) is 5.23. The van der Waals surface area contributed by atoms with Gasteiger partial charge in [0.25, 0.3) is 0 Å². The van der Waals surface area contributed by atoms with Crippen LogP contribution in [0.5, 0.6) is 11.5 Å². The number of aliphatic imine (C=N–C) groups is 1. The standard InChI is InChI=1S/C24H28ClNO5/c1-5-6-7-29-23(28)20-13(2)26-16-10-24(3,4)11-17(27)22(16)21(20)14-8-18-19(9-15(14)25)31-12-30-18/h8-9,20-21H,5-7,10-12H2,1-4H3/t20?,21-/m1/s1. The lowest BCUT2D eigenvalue weighted by Gasteiger charge is -2.39. The third-order valence-electron chi connectivity index (χ3n) is 6.13. The van der Waals surface area contributed by atoms with Crippen LogP contribution < -0.4 is 9.47 Å².